The highest BCUT2D eigenvalue weighted by molar-refractivity contribution is 6.17. The van der Waals surface area contributed by atoms with E-state index in [9.17, 15) is 0 Å². The van der Waals surface area contributed by atoms with Crippen LogP contribution in [0.1, 0.15) is 25.7 Å². The third kappa shape index (κ3) is 2.28. The second-order valence-electron chi connectivity index (χ2n) is 4.16. The number of aryl methyl sites for hydroxylation is 1. The molecule has 1 heterocycles. The summed E-state index contributed by atoms with van der Waals surface area (Å²) in [5, 5.41) is 0. The Kier molecular flexibility index (Phi) is 3.52. The lowest BCUT2D eigenvalue weighted by molar-refractivity contribution is 0.379. The van der Waals surface area contributed by atoms with Crippen LogP contribution in [0.2, 0.25) is 0 Å². The number of hydrogen-bond donors (Lipinski definition) is 0. The van der Waals surface area contributed by atoms with Gasteiger partial charge in [-0.2, -0.15) is 0 Å². The van der Waals surface area contributed by atoms with Gasteiger partial charge >= 0.3 is 0 Å². The molecule has 1 saturated carbocycles. The molecule has 1 aliphatic carbocycles. The molecule has 1 aromatic heterocycles. The van der Waals surface area contributed by atoms with Crippen LogP contribution >= 0.6 is 11.6 Å². The lowest BCUT2D eigenvalue weighted by Gasteiger charge is -2.38. The minimum atomic E-state index is 0.689. The number of imidazole rings is 1. The molecule has 2 rings (SSSR count). The minimum Gasteiger partial charge on any atom is -0.339 e. The van der Waals surface area contributed by atoms with Crippen molar-refractivity contribution >= 4 is 17.5 Å². The fraction of sp³-hybridized carbons (Fsp3) is 0.727. The highest BCUT2D eigenvalue weighted by atomic mass is 35.5. The molecule has 1 aromatic rings. The van der Waals surface area contributed by atoms with Crippen molar-refractivity contribution in [3.63, 3.8) is 0 Å². The second-order valence-corrected chi connectivity index (χ2v) is 4.54. The van der Waals surface area contributed by atoms with Crippen LogP contribution in [-0.2, 0) is 7.05 Å². The molecule has 84 valence electrons. The number of halogens is 1. The molecule has 0 radical (unpaired) electrons. The molecular formula is C11H18ClN3. The number of hydrogen-bond acceptors (Lipinski definition) is 2. The first-order valence-corrected chi connectivity index (χ1v) is 6.16. The van der Waals surface area contributed by atoms with E-state index in [0.717, 1.165) is 24.8 Å². The number of rotatable bonds is 5. The molecule has 0 amide bonds. The highest BCUT2D eigenvalue weighted by Gasteiger charge is 2.26. The van der Waals surface area contributed by atoms with Gasteiger partial charge in [0.1, 0.15) is 0 Å². The summed E-state index contributed by atoms with van der Waals surface area (Å²) in [5.74, 6) is 1.82. The zero-order valence-electron chi connectivity index (χ0n) is 9.19. The molecule has 0 saturated heterocycles. The topological polar surface area (TPSA) is 21.1 Å². The summed E-state index contributed by atoms with van der Waals surface area (Å²) in [6.45, 7) is 1.03. The summed E-state index contributed by atoms with van der Waals surface area (Å²) in [4.78, 5) is 6.83. The Hall–Kier alpha value is -0.700. The van der Waals surface area contributed by atoms with Gasteiger partial charge in [0.05, 0.1) is 0 Å². The summed E-state index contributed by atoms with van der Waals surface area (Å²) < 4.78 is 2.09. The van der Waals surface area contributed by atoms with Crippen LogP contribution < -0.4 is 4.90 Å². The Labute approximate surface area is 96.0 Å². The van der Waals surface area contributed by atoms with Crippen molar-refractivity contribution in [3.05, 3.63) is 12.4 Å². The summed E-state index contributed by atoms with van der Waals surface area (Å²) >= 11 is 5.76. The summed E-state index contributed by atoms with van der Waals surface area (Å²) in [6.07, 6.45) is 8.85. The smallest absolute Gasteiger partial charge is 0.205 e. The SMILES string of the molecule is Cn1ccnc1N(CCCCl)C1CCC1. The van der Waals surface area contributed by atoms with Crippen molar-refractivity contribution in [2.75, 3.05) is 17.3 Å². The van der Waals surface area contributed by atoms with Crippen LogP contribution in [0.25, 0.3) is 0 Å². The first kappa shape index (κ1) is 10.8. The van der Waals surface area contributed by atoms with E-state index < -0.39 is 0 Å². The fourth-order valence-electron chi connectivity index (χ4n) is 2.01. The first-order chi connectivity index (χ1) is 7.33. The average Bonchev–Trinajstić information content (AvgIpc) is 2.55. The van der Waals surface area contributed by atoms with E-state index in [1.165, 1.54) is 19.3 Å². The quantitative estimate of drug-likeness (QED) is 0.721. The first-order valence-electron chi connectivity index (χ1n) is 5.63. The molecule has 0 unspecified atom stereocenters. The molecule has 0 atom stereocenters. The van der Waals surface area contributed by atoms with Gasteiger partial charge in [-0.05, 0) is 25.7 Å². The van der Waals surface area contributed by atoms with Gasteiger partial charge in [0.2, 0.25) is 5.95 Å². The molecule has 1 aliphatic rings. The third-order valence-electron chi connectivity index (χ3n) is 3.10. The van der Waals surface area contributed by atoms with Gasteiger partial charge in [-0.25, -0.2) is 4.98 Å². The van der Waals surface area contributed by atoms with E-state index >= 15 is 0 Å². The van der Waals surface area contributed by atoms with Crippen molar-refractivity contribution in [2.45, 2.75) is 31.7 Å². The molecule has 0 N–H and O–H groups in total. The zero-order chi connectivity index (χ0) is 10.7. The standard InChI is InChI=1S/C11H18ClN3/c1-14-9-7-13-11(14)15(8-3-6-12)10-4-2-5-10/h7,9-10H,2-6,8H2,1H3. The maximum Gasteiger partial charge on any atom is 0.205 e. The Balaban J connectivity index is 2.07. The Morgan fingerprint density at radius 3 is 2.87 bits per heavy atom. The highest BCUT2D eigenvalue weighted by Crippen LogP contribution is 2.28. The minimum absolute atomic E-state index is 0.689. The predicted octanol–water partition coefficient (Wildman–Crippen LogP) is 2.41. The van der Waals surface area contributed by atoms with Gasteiger partial charge < -0.3 is 9.47 Å². The molecule has 4 heteroatoms. The molecule has 0 bridgehead atoms. The normalized spacial score (nSPS) is 16.4. The Morgan fingerprint density at radius 2 is 2.40 bits per heavy atom. The van der Waals surface area contributed by atoms with E-state index in [0.29, 0.717) is 6.04 Å². The summed E-state index contributed by atoms with van der Waals surface area (Å²) in [7, 11) is 2.05. The molecule has 0 aromatic carbocycles. The van der Waals surface area contributed by atoms with Crippen molar-refractivity contribution < 1.29 is 0 Å². The van der Waals surface area contributed by atoms with E-state index in [4.69, 9.17) is 11.6 Å². The average molecular weight is 228 g/mol. The number of nitrogens with zero attached hydrogens (tertiary/aromatic N) is 3. The van der Waals surface area contributed by atoms with Gasteiger partial charge in [0.25, 0.3) is 0 Å². The van der Waals surface area contributed by atoms with Gasteiger partial charge in [0, 0.05) is 37.9 Å². The fourth-order valence-corrected chi connectivity index (χ4v) is 2.13. The third-order valence-corrected chi connectivity index (χ3v) is 3.37. The lowest BCUT2D eigenvalue weighted by Crippen LogP contribution is -2.42. The van der Waals surface area contributed by atoms with E-state index in [2.05, 4.69) is 21.5 Å². The van der Waals surface area contributed by atoms with Crippen LogP contribution in [0.15, 0.2) is 12.4 Å². The molecule has 15 heavy (non-hydrogen) atoms. The van der Waals surface area contributed by atoms with Crippen LogP contribution in [0.3, 0.4) is 0 Å². The van der Waals surface area contributed by atoms with Gasteiger partial charge in [-0.1, -0.05) is 0 Å². The van der Waals surface area contributed by atoms with Crippen LogP contribution in [0.5, 0.6) is 0 Å². The lowest BCUT2D eigenvalue weighted by atomic mass is 9.91. The molecule has 1 fully saturated rings. The van der Waals surface area contributed by atoms with Gasteiger partial charge in [-0.3, -0.25) is 0 Å². The number of aromatic nitrogens is 2. The Bertz CT molecular complexity index is 307. The summed E-state index contributed by atoms with van der Waals surface area (Å²) in [5.41, 5.74) is 0. The molecule has 0 aliphatic heterocycles. The van der Waals surface area contributed by atoms with E-state index in [1.54, 1.807) is 0 Å². The van der Waals surface area contributed by atoms with Gasteiger partial charge in [0.15, 0.2) is 0 Å². The van der Waals surface area contributed by atoms with Crippen LogP contribution in [-0.4, -0.2) is 28.0 Å². The molecule has 0 spiro atoms. The monoisotopic (exact) mass is 227 g/mol. The maximum atomic E-state index is 5.76. The largest absolute Gasteiger partial charge is 0.339 e. The maximum absolute atomic E-state index is 5.76. The predicted molar refractivity (Wildman–Crippen MR) is 63.5 cm³/mol. The van der Waals surface area contributed by atoms with Crippen molar-refractivity contribution in [1.82, 2.24) is 9.55 Å². The van der Waals surface area contributed by atoms with Gasteiger partial charge in [-0.15, -0.1) is 11.6 Å². The van der Waals surface area contributed by atoms with E-state index in [1.807, 2.05) is 12.4 Å². The number of alkyl halides is 1. The van der Waals surface area contributed by atoms with Crippen molar-refractivity contribution in [1.29, 1.82) is 0 Å². The second kappa shape index (κ2) is 4.88. The van der Waals surface area contributed by atoms with Crippen molar-refractivity contribution in [3.8, 4) is 0 Å². The van der Waals surface area contributed by atoms with Crippen molar-refractivity contribution in [2.24, 2.45) is 7.05 Å². The Morgan fingerprint density at radius 1 is 1.60 bits per heavy atom. The zero-order valence-corrected chi connectivity index (χ0v) is 9.95. The summed E-state index contributed by atoms with van der Waals surface area (Å²) in [6, 6.07) is 0.689. The molecule has 3 nitrogen and oxygen atoms in total. The number of anilines is 1. The molecular weight excluding hydrogens is 210 g/mol. The van der Waals surface area contributed by atoms with Crippen LogP contribution in [0.4, 0.5) is 5.95 Å². The van der Waals surface area contributed by atoms with Crippen LogP contribution in [0, 0.1) is 0 Å². The van der Waals surface area contributed by atoms with E-state index in [-0.39, 0.29) is 0 Å².